The Morgan fingerprint density at radius 3 is 2.52 bits per heavy atom. The van der Waals surface area contributed by atoms with Crippen LogP contribution in [0.2, 0.25) is 0 Å². The molecule has 0 aliphatic carbocycles. The van der Waals surface area contributed by atoms with Crippen LogP contribution in [-0.2, 0) is 24.3 Å². The summed E-state index contributed by atoms with van der Waals surface area (Å²) in [5, 5.41) is 11.4. The minimum absolute atomic E-state index is 0.359. The minimum Gasteiger partial charge on any atom is -0.451 e. The summed E-state index contributed by atoms with van der Waals surface area (Å²) in [7, 11) is -3.75. The molecular formula is C20H21N3O5S. The predicted octanol–water partition coefficient (Wildman–Crippen LogP) is 2.20. The Balaban J connectivity index is 2.06. The fourth-order valence-electron chi connectivity index (χ4n) is 2.54. The Kier molecular flexibility index (Phi) is 6.96. The number of nitriles is 1. The highest BCUT2D eigenvalue weighted by atomic mass is 32.2. The Morgan fingerprint density at radius 2 is 1.90 bits per heavy atom. The normalized spacial score (nSPS) is 11.8. The lowest BCUT2D eigenvalue weighted by Crippen LogP contribution is -2.39. The van der Waals surface area contributed by atoms with E-state index in [1.54, 1.807) is 49.4 Å². The molecule has 9 heteroatoms. The molecule has 0 fully saturated rings. The number of carbonyl (C=O) groups excluding carboxylic acids is 2. The number of amides is 1. The number of para-hydroxylation sites is 1. The van der Waals surface area contributed by atoms with Crippen molar-refractivity contribution in [2.45, 2.75) is 20.0 Å². The molecule has 8 nitrogen and oxygen atoms in total. The van der Waals surface area contributed by atoms with Crippen molar-refractivity contribution < 1.29 is 22.7 Å². The molecule has 152 valence electrons. The van der Waals surface area contributed by atoms with E-state index in [9.17, 15) is 18.0 Å². The molecule has 0 aliphatic rings. The van der Waals surface area contributed by atoms with Gasteiger partial charge in [-0.2, -0.15) is 5.26 Å². The molecule has 1 atom stereocenters. The first-order valence-electron chi connectivity index (χ1n) is 8.65. The van der Waals surface area contributed by atoms with Crippen molar-refractivity contribution in [1.29, 1.82) is 5.26 Å². The maximum absolute atomic E-state index is 12.3. The van der Waals surface area contributed by atoms with Crippen molar-refractivity contribution in [3.63, 3.8) is 0 Å². The quantitative estimate of drug-likeness (QED) is 0.693. The third-order valence-corrected chi connectivity index (χ3v) is 5.12. The molecule has 2 aromatic rings. The molecule has 29 heavy (non-hydrogen) atoms. The molecule has 0 saturated heterocycles. The van der Waals surface area contributed by atoms with E-state index in [-0.39, 0.29) is 0 Å². The number of benzene rings is 2. The summed E-state index contributed by atoms with van der Waals surface area (Å²) >= 11 is 0. The summed E-state index contributed by atoms with van der Waals surface area (Å²) in [6.07, 6.45) is -0.170. The fraction of sp³-hybridized carbons (Fsp3) is 0.250. The average Bonchev–Trinajstić information content (AvgIpc) is 2.66. The Morgan fingerprint density at radius 1 is 1.21 bits per heavy atom. The van der Waals surface area contributed by atoms with E-state index in [4.69, 9.17) is 10.00 Å². The van der Waals surface area contributed by atoms with Crippen LogP contribution < -0.4 is 9.62 Å². The summed E-state index contributed by atoms with van der Waals surface area (Å²) < 4.78 is 30.3. The molecular weight excluding hydrogens is 394 g/mol. The summed E-state index contributed by atoms with van der Waals surface area (Å²) in [6, 6.07) is 15.0. The number of esters is 1. The largest absolute Gasteiger partial charge is 0.451 e. The van der Waals surface area contributed by atoms with Crippen LogP contribution in [0.1, 0.15) is 18.1 Å². The number of aryl methyl sites for hydroxylation is 1. The first-order valence-corrected chi connectivity index (χ1v) is 10.5. The van der Waals surface area contributed by atoms with Gasteiger partial charge in [-0.25, -0.2) is 8.42 Å². The number of carbonyl (C=O) groups is 2. The first kappa shape index (κ1) is 21.9. The van der Waals surface area contributed by atoms with Gasteiger partial charge in [0.2, 0.25) is 10.0 Å². The number of nitrogens with zero attached hydrogens (tertiary/aromatic N) is 2. The van der Waals surface area contributed by atoms with Gasteiger partial charge in [-0.05, 0) is 43.7 Å². The predicted molar refractivity (Wildman–Crippen MR) is 109 cm³/mol. The van der Waals surface area contributed by atoms with Crippen molar-refractivity contribution in [2.75, 3.05) is 22.4 Å². The highest BCUT2D eigenvalue weighted by Crippen LogP contribution is 2.22. The van der Waals surface area contributed by atoms with E-state index in [2.05, 4.69) is 5.32 Å². The Labute approximate surface area is 169 Å². The van der Waals surface area contributed by atoms with Gasteiger partial charge in [0.05, 0.1) is 23.6 Å². The van der Waals surface area contributed by atoms with Gasteiger partial charge in [0.25, 0.3) is 5.91 Å². The van der Waals surface area contributed by atoms with E-state index in [1.807, 2.05) is 6.07 Å². The van der Waals surface area contributed by atoms with E-state index < -0.39 is 34.5 Å². The molecule has 2 aromatic carbocycles. The third-order valence-electron chi connectivity index (χ3n) is 3.99. The molecule has 0 radical (unpaired) electrons. The second kappa shape index (κ2) is 9.21. The lowest BCUT2D eigenvalue weighted by atomic mass is 10.2. The Hall–Kier alpha value is -3.38. The molecule has 1 amide bonds. The molecule has 0 saturated carbocycles. The van der Waals surface area contributed by atoms with Crippen LogP contribution in [0.15, 0.2) is 48.5 Å². The van der Waals surface area contributed by atoms with Gasteiger partial charge in [0, 0.05) is 5.69 Å². The van der Waals surface area contributed by atoms with Crippen molar-refractivity contribution in [1.82, 2.24) is 0 Å². The molecule has 0 aliphatic heterocycles. The first-order chi connectivity index (χ1) is 13.6. The molecule has 2 rings (SSSR count). The number of hydrogen-bond acceptors (Lipinski definition) is 6. The number of nitrogens with one attached hydrogen (secondary N) is 1. The van der Waals surface area contributed by atoms with Crippen LogP contribution >= 0.6 is 0 Å². The maximum Gasteiger partial charge on any atom is 0.327 e. The standard InChI is InChI=1S/C20H21N3O5S/c1-14-7-4-5-10-18(14)23(29(3,26)27)13-19(24)28-15(2)20(25)22-17-9-6-8-16(11-17)12-21/h4-11,15H,13H2,1-3H3,(H,22,25)/t15-/m1/s1. The highest BCUT2D eigenvalue weighted by Gasteiger charge is 2.25. The van der Waals surface area contributed by atoms with Crippen LogP contribution in [0, 0.1) is 18.3 Å². The zero-order chi connectivity index (χ0) is 21.6. The SMILES string of the molecule is Cc1ccccc1N(CC(=O)O[C@H](C)C(=O)Nc1cccc(C#N)c1)S(C)(=O)=O. The monoisotopic (exact) mass is 415 g/mol. The van der Waals surface area contributed by atoms with Crippen LogP contribution in [0.5, 0.6) is 0 Å². The second-order valence-corrected chi connectivity index (χ2v) is 8.28. The molecule has 0 spiro atoms. The van der Waals surface area contributed by atoms with Gasteiger partial charge >= 0.3 is 5.97 Å². The van der Waals surface area contributed by atoms with Crippen molar-refractivity contribution in [3.8, 4) is 6.07 Å². The highest BCUT2D eigenvalue weighted by molar-refractivity contribution is 7.92. The number of anilines is 2. The van der Waals surface area contributed by atoms with Gasteiger partial charge in [-0.15, -0.1) is 0 Å². The van der Waals surface area contributed by atoms with Crippen LogP contribution in [0.25, 0.3) is 0 Å². The van der Waals surface area contributed by atoms with Crippen molar-refractivity contribution in [2.24, 2.45) is 0 Å². The number of hydrogen-bond donors (Lipinski definition) is 1. The summed E-state index contributed by atoms with van der Waals surface area (Å²) in [5.74, 6) is -1.47. The zero-order valence-electron chi connectivity index (χ0n) is 16.2. The van der Waals surface area contributed by atoms with E-state index >= 15 is 0 Å². The maximum atomic E-state index is 12.3. The second-order valence-electron chi connectivity index (χ2n) is 6.37. The molecule has 0 unspecified atom stereocenters. The van der Waals surface area contributed by atoms with Gasteiger partial charge in [0.1, 0.15) is 6.54 Å². The number of ether oxygens (including phenoxy) is 1. The third kappa shape index (κ3) is 6.05. The number of sulfonamides is 1. The van der Waals surface area contributed by atoms with Gasteiger partial charge < -0.3 is 10.1 Å². The zero-order valence-corrected chi connectivity index (χ0v) is 17.1. The molecule has 0 bridgehead atoms. The summed E-state index contributed by atoms with van der Waals surface area (Å²) in [5.41, 5.74) is 1.79. The van der Waals surface area contributed by atoms with E-state index in [1.165, 1.54) is 13.0 Å². The van der Waals surface area contributed by atoms with Gasteiger partial charge in [-0.3, -0.25) is 13.9 Å². The smallest absolute Gasteiger partial charge is 0.327 e. The van der Waals surface area contributed by atoms with Crippen molar-refractivity contribution >= 4 is 33.3 Å². The van der Waals surface area contributed by atoms with Crippen LogP contribution in [-0.4, -0.2) is 39.2 Å². The van der Waals surface area contributed by atoms with Crippen LogP contribution in [0.4, 0.5) is 11.4 Å². The summed E-state index contributed by atoms with van der Waals surface area (Å²) in [4.78, 5) is 24.6. The summed E-state index contributed by atoms with van der Waals surface area (Å²) in [6.45, 7) is 2.54. The fourth-order valence-corrected chi connectivity index (χ4v) is 3.44. The van der Waals surface area contributed by atoms with Gasteiger partial charge in [-0.1, -0.05) is 24.3 Å². The minimum atomic E-state index is -3.75. The average molecular weight is 415 g/mol. The van der Waals surface area contributed by atoms with Crippen LogP contribution in [0.3, 0.4) is 0 Å². The topological polar surface area (TPSA) is 117 Å². The molecule has 0 aromatic heterocycles. The van der Waals surface area contributed by atoms with E-state index in [0.717, 1.165) is 10.6 Å². The van der Waals surface area contributed by atoms with E-state index in [0.29, 0.717) is 22.5 Å². The molecule has 0 heterocycles. The Bertz CT molecular complexity index is 1060. The number of rotatable bonds is 7. The molecule has 1 N–H and O–H groups in total. The van der Waals surface area contributed by atoms with Crippen molar-refractivity contribution in [3.05, 3.63) is 59.7 Å². The van der Waals surface area contributed by atoms with Gasteiger partial charge in [0.15, 0.2) is 6.10 Å². The lowest BCUT2D eigenvalue weighted by Gasteiger charge is -2.24. The lowest BCUT2D eigenvalue weighted by molar-refractivity contribution is -0.151.